The number of nitrogens with zero attached hydrogens (tertiary/aromatic N) is 3. The number of nitrogens with one attached hydrogen (secondary N) is 1. The average Bonchev–Trinajstić information content (AvgIpc) is 2.84. The van der Waals surface area contributed by atoms with E-state index < -0.39 is 0 Å². The zero-order chi connectivity index (χ0) is 15.1. The van der Waals surface area contributed by atoms with E-state index in [2.05, 4.69) is 23.9 Å². The zero-order valence-corrected chi connectivity index (χ0v) is 12.6. The smallest absolute Gasteiger partial charge is 0.259 e. The van der Waals surface area contributed by atoms with E-state index in [0.29, 0.717) is 17.0 Å². The van der Waals surface area contributed by atoms with Crippen LogP contribution in [-0.4, -0.2) is 38.2 Å². The van der Waals surface area contributed by atoms with E-state index in [1.165, 1.54) is 12.4 Å². The van der Waals surface area contributed by atoms with Crippen molar-refractivity contribution < 1.29 is 4.79 Å². The molecule has 6 heteroatoms. The molecular formula is C15H20N4O2. The van der Waals surface area contributed by atoms with Gasteiger partial charge in [-0.25, -0.2) is 0 Å². The number of carbonyl (C=O) groups is 1. The fraction of sp³-hybridized carbons (Fsp3) is 0.533. The van der Waals surface area contributed by atoms with Gasteiger partial charge in [0.25, 0.3) is 5.91 Å². The topological polar surface area (TPSA) is 71.0 Å². The molecule has 0 spiro atoms. The van der Waals surface area contributed by atoms with Crippen molar-refractivity contribution in [3.63, 3.8) is 0 Å². The number of aryl methyl sites for hydroxylation is 1. The molecule has 3 rings (SSSR count). The Morgan fingerprint density at radius 1 is 1.43 bits per heavy atom. The van der Waals surface area contributed by atoms with Crippen molar-refractivity contribution in [3.8, 4) is 0 Å². The van der Waals surface area contributed by atoms with E-state index in [1.807, 2.05) is 4.90 Å². The Morgan fingerprint density at radius 3 is 2.95 bits per heavy atom. The van der Waals surface area contributed by atoms with Crippen LogP contribution in [0.5, 0.6) is 0 Å². The third-order valence-corrected chi connectivity index (χ3v) is 4.65. The van der Waals surface area contributed by atoms with Gasteiger partial charge < -0.3 is 9.88 Å². The average molecular weight is 288 g/mol. The van der Waals surface area contributed by atoms with Gasteiger partial charge in [0.1, 0.15) is 11.2 Å². The number of H-pyrrole nitrogens is 1. The first-order valence-corrected chi connectivity index (χ1v) is 7.35. The summed E-state index contributed by atoms with van der Waals surface area (Å²) in [6.45, 7) is 4.92. The molecule has 0 bridgehead atoms. The van der Waals surface area contributed by atoms with Gasteiger partial charge in [-0.05, 0) is 25.7 Å². The summed E-state index contributed by atoms with van der Waals surface area (Å²) in [6.07, 6.45) is 5.14. The molecule has 0 radical (unpaired) electrons. The summed E-state index contributed by atoms with van der Waals surface area (Å²) < 4.78 is 1.59. The maximum Gasteiger partial charge on any atom is 0.259 e. The quantitative estimate of drug-likeness (QED) is 0.865. The molecule has 1 saturated heterocycles. The van der Waals surface area contributed by atoms with Gasteiger partial charge in [-0.2, -0.15) is 5.10 Å². The van der Waals surface area contributed by atoms with Crippen molar-refractivity contribution in [1.82, 2.24) is 19.7 Å². The van der Waals surface area contributed by atoms with Gasteiger partial charge in [-0.1, -0.05) is 6.92 Å². The number of rotatable bonds is 1. The Balaban J connectivity index is 2.02. The number of piperidine rings is 1. The summed E-state index contributed by atoms with van der Waals surface area (Å²) in [5.41, 5.74) is 0.598. The molecular weight excluding hydrogens is 268 g/mol. The van der Waals surface area contributed by atoms with Crippen LogP contribution in [0.3, 0.4) is 0 Å². The second-order valence-corrected chi connectivity index (χ2v) is 5.92. The molecule has 2 aromatic heterocycles. The van der Waals surface area contributed by atoms with Crippen molar-refractivity contribution in [2.45, 2.75) is 32.7 Å². The highest BCUT2D eigenvalue weighted by Gasteiger charge is 2.30. The van der Waals surface area contributed by atoms with Crippen LogP contribution in [0.4, 0.5) is 0 Å². The van der Waals surface area contributed by atoms with Crippen LogP contribution in [0.15, 0.2) is 17.2 Å². The summed E-state index contributed by atoms with van der Waals surface area (Å²) >= 11 is 0. The highest BCUT2D eigenvalue weighted by Crippen LogP contribution is 2.24. The maximum atomic E-state index is 12.7. The molecule has 2 aromatic rings. The van der Waals surface area contributed by atoms with Crippen LogP contribution in [0, 0.1) is 5.92 Å². The lowest BCUT2D eigenvalue weighted by Gasteiger charge is -2.37. The number of fused-ring (bicyclic) bond motifs is 1. The molecule has 0 unspecified atom stereocenters. The summed E-state index contributed by atoms with van der Waals surface area (Å²) in [5.74, 6) is 0.282. The van der Waals surface area contributed by atoms with Gasteiger partial charge >= 0.3 is 0 Å². The number of hydrogen-bond donors (Lipinski definition) is 1. The van der Waals surface area contributed by atoms with E-state index >= 15 is 0 Å². The van der Waals surface area contributed by atoms with E-state index in [4.69, 9.17) is 0 Å². The lowest BCUT2D eigenvalue weighted by molar-refractivity contribution is 0.0549. The highest BCUT2D eigenvalue weighted by molar-refractivity contribution is 5.96. The second kappa shape index (κ2) is 5.02. The van der Waals surface area contributed by atoms with Gasteiger partial charge in [0.15, 0.2) is 0 Å². The molecule has 21 heavy (non-hydrogen) atoms. The van der Waals surface area contributed by atoms with Gasteiger partial charge in [0.2, 0.25) is 5.43 Å². The lowest BCUT2D eigenvalue weighted by Crippen LogP contribution is -2.47. The van der Waals surface area contributed by atoms with Crippen LogP contribution in [0.2, 0.25) is 0 Å². The molecule has 1 N–H and O–H groups in total. The minimum absolute atomic E-state index is 0.162. The predicted molar refractivity (Wildman–Crippen MR) is 80.2 cm³/mol. The molecule has 0 aromatic carbocycles. The number of aromatic amines is 1. The van der Waals surface area contributed by atoms with E-state index in [1.54, 1.807) is 11.7 Å². The predicted octanol–water partition coefficient (Wildman–Crippen LogP) is 1.52. The molecule has 1 aliphatic rings. The number of pyridine rings is 1. The Kier molecular flexibility index (Phi) is 3.31. The van der Waals surface area contributed by atoms with Crippen LogP contribution < -0.4 is 5.43 Å². The fourth-order valence-corrected chi connectivity index (χ4v) is 3.06. The first kappa shape index (κ1) is 13.9. The van der Waals surface area contributed by atoms with Crippen LogP contribution in [0.25, 0.3) is 11.0 Å². The van der Waals surface area contributed by atoms with E-state index in [9.17, 15) is 9.59 Å². The van der Waals surface area contributed by atoms with E-state index in [0.717, 1.165) is 19.4 Å². The standard InChI is InChI=1S/C15H20N4O2/c1-9-5-4-6-19(10(9)2)15(21)12-7-16-14-11(13(12)20)8-17-18(14)3/h7-10H,4-6H2,1-3H3,(H,16,20)/t9-,10-/m1/s1. The molecule has 1 fully saturated rings. The van der Waals surface area contributed by atoms with Crippen molar-refractivity contribution in [1.29, 1.82) is 0 Å². The summed E-state index contributed by atoms with van der Waals surface area (Å²) in [6, 6.07) is 0.162. The Hall–Kier alpha value is -2.11. The monoisotopic (exact) mass is 288 g/mol. The van der Waals surface area contributed by atoms with E-state index in [-0.39, 0.29) is 22.9 Å². The number of aromatic nitrogens is 3. The van der Waals surface area contributed by atoms with Crippen molar-refractivity contribution in [2.75, 3.05) is 6.54 Å². The molecule has 112 valence electrons. The molecule has 6 nitrogen and oxygen atoms in total. The van der Waals surface area contributed by atoms with Crippen LogP contribution in [0.1, 0.15) is 37.0 Å². The maximum absolute atomic E-state index is 12.7. The second-order valence-electron chi connectivity index (χ2n) is 5.92. The molecule has 0 aliphatic carbocycles. The largest absolute Gasteiger partial charge is 0.345 e. The highest BCUT2D eigenvalue weighted by atomic mass is 16.2. The first-order chi connectivity index (χ1) is 10.0. The lowest BCUT2D eigenvalue weighted by atomic mass is 9.91. The Labute approximate surface area is 122 Å². The number of likely N-dealkylation sites (tertiary alicyclic amines) is 1. The van der Waals surface area contributed by atoms with Crippen molar-refractivity contribution in [2.24, 2.45) is 13.0 Å². The van der Waals surface area contributed by atoms with Gasteiger partial charge in [-0.15, -0.1) is 0 Å². The normalized spacial score (nSPS) is 22.7. The van der Waals surface area contributed by atoms with Crippen molar-refractivity contribution >= 4 is 16.9 Å². The third-order valence-electron chi connectivity index (χ3n) is 4.65. The minimum atomic E-state index is -0.243. The summed E-state index contributed by atoms with van der Waals surface area (Å²) in [7, 11) is 1.76. The number of carbonyl (C=O) groups excluding carboxylic acids is 1. The molecule has 1 amide bonds. The Morgan fingerprint density at radius 2 is 2.19 bits per heavy atom. The number of amides is 1. The summed E-state index contributed by atoms with van der Waals surface area (Å²) in [4.78, 5) is 30.0. The zero-order valence-electron chi connectivity index (χ0n) is 12.6. The molecule has 2 atom stereocenters. The SMILES string of the molecule is C[C@@H]1CCCN(C(=O)c2c[nH]c3c(cnn3C)c2=O)[C@@H]1C. The number of hydrogen-bond acceptors (Lipinski definition) is 3. The Bertz CT molecular complexity index is 746. The summed E-state index contributed by atoms with van der Waals surface area (Å²) in [5, 5.41) is 4.52. The van der Waals surface area contributed by atoms with Crippen molar-refractivity contribution in [3.05, 3.63) is 28.2 Å². The molecule has 0 saturated carbocycles. The van der Waals surface area contributed by atoms with Gasteiger partial charge in [0, 0.05) is 25.8 Å². The minimum Gasteiger partial charge on any atom is -0.345 e. The van der Waals surface area contributed by atoms with Crippen LogP contribution in [-0.2, 0) is 7.05 Å². The molecule has 3 heterocycles. The first-order valence-electron chi connectivity index (χ1n) is 7.35. The van der Waals surface area contributed by atoms with Gasteiger partial charge in [0.05, 0.1) is 11.6 Å². The third kappa shape index (κ3) is 2.14. The molecule has 1 aliphatic heterocycles. The fourth-order valence-electron chi connectivity index (χ4n) is 3.06. The van der Waals surface area contributed by atoms with Gasteiger partial charge in [-0.3, -0.25) is 14.3 Å². The van der Waals surface area contributed by atoms with Crippen LogP contribution >= 0.6 is 0 Å².